The van der Waals surface area contributed by atoms with Gasteiger partial charge in [-0.25, -0.2) is 8.96 Å². The van der Waals surface area contributed by atoms with Gasteiger partial charge in [0, 0.05) is 22.2 Å². The highest BCUT2D eigenvalue weighted by Gasteiger charge is 2.12. The maximum atomic E-state index is 12.9. The molecule has 0 aliphatic rings. The van der Waals surface area contributed by atoms with E-state index < -0.39 is 0 Å². The number of hydrogen-bond donors (Lipinski definition) is 0. The Kier molecular flexibility index (Phi) is 4.44. The predicted octanol–water partition coefficient (Wildman–Crippen LogP) is 3.71. The van der Waals surface area contributed by atoms with E-state index in [0.717, 1.165) is 11.3 Å². The fraction of sp³-hybridized carbons (Fsp3) is 0.0556. The van der Waals surface area contributed by atoms with Crippen molar-refractivity contribution in [2.75, 3.05) is 0 Å². The Labute approximate surface area is 138 Å². The summed E-state index contributed by atoms with van der Waals surface area (Å²) in [5, 5.41) is 0.646. The van der Waals surface area contributed by atoms with E-state index in [-0.39, 0.29) is 18.1 Å². The summed E-state index contributed by atoms with van der Waals surface area (Å²) in [6.07, 6.45) is 3.38. The van der Waals surface area contributed by atoms with Gasteiger partial charge in [0.2, 0.25) is 5.78 Å². The number of nitrogens with zero attached hydrogens (tertiary/aromatic N) is 2. The number of ketones is 1. The molecule has 0 fully saturated rings. The maximum absolute atomic E-state index is 12.9. The number of Topliss-reactive ketones (excluding diaryl/α,β-unsaturated/α-hetero) is 1. The van der Waals surface area contributed by atoms with Gasteiger partial charge in [-0.05, 0) is 41.4 Å². The topological polar surface area (TPSA) is 33.8 Å². The molecule has 0 amide bonds. The van der Waals surface area contributed by atoms with Gasteiger partial charge in [-0.2, -0.15) is 0 Å². The summed E-state index contributed by atoms with van der Waals surface area (Å²) in [5.41, 5.74) is 2.16. The normalized spacial score (nSPS) is 10.5. The van der Waals surface area contributed by atoms with Crippen LogP contribution in [0.3, 0.4) is 0 Å². The van der Waals surface area contributed by atoms with Gasteiger partial charge in [0.25, 0.3) is 6.33 Å². The highest BCUT2D eigenvalue weighted by atomic mass is 35.5. The average molecular weight is 328 g/mol. The molecular weight excluding hydrogens is 315 g/mol. The lowest BCUT2D eigenvalue weighted by atomic mass is 10.1. The van der Waals surface area contributed by atoms with Crippen LogP contribution in [0.2, 0.25) is 5.02 Å². The monoisotopic (exact) mass is 327 g/mol. The summed E-state index contributed by atoms with van der Waals surface area (Å²) in [7, 11) is 0. The zero-order valence-corrected chi connectivity index (χ0v) is 12.9. The van der Waals surface area contributed by atoms with Crippen LogP contribution in [0.5, 0.6) is 0 Å². The first-order valence-electron chi connectivity index (χ1n) is 7.01. The molecule has 23 heavy (non-hydrogen) atoms. The molecule has 0 saturated heterocycles. The Hall–Kier alpha value is -2.59. The Bertz CT molecular complexity index is 832. The predicted molar refractivity (Wildman–Crippen MR) is 85.6 cm³/mol. The molecule has 1 aromatic heterocycles. The summed E-state index contributed by atoms with van der Waals surface area (Å²) >= 11 is 5.97. The lowest BCUT2D eigenvalue weighted by molar-refractivity contribution is -0.686. The minimum atomic E-state index is -0.359. The molecule has 0 atom stereocenters. The smallest absolute Gasteiger partial charge is 0.287 e. The molecule has 3 nitrogen and oxygen atoms in total. The summed E-state index contributed by atoms with van der Waals surface area (Å²) in [6.45, 7) is 0.147. The van der Waals surface area contributed by atoms with Crippen molar-refractivity contribution in [3.8, 4) is 11.3 Å². The quantitative estimate of drug-likeness (QED) is 0.540. The van der Waals surface area contributed by atoms with Crippen LogP contribution in [0.25, 0.3) is 11.3 Å². The van der Waals surface area contributed by atoms with Crippen LogP contribution in [-0.4, -0.2) is 10.8 Å². The standard InChI is InChI=1S/C18H13ClFN2O/c19-15-3-1-2-14(10-15)17-8-9-22(12-21-17)11-18(23)13-4-6-16(20)7-5-13/h1-10,12H,11H2/q+1. The zero-order valence-electron chi connectivity index (χ0n) is 12.1. The molecule has 0 spiro atoms. The van der Waals surface area contributed by atoms with Crippen LogP contribution in [0, 0.1) is 5.82 Å². The van der Waals surface area contributed by atoms with Crippen molar-refractivity contribution in [2.45, 2.75) is 6.54 Å². The molecule has 114 valence electrons. The number of benzene rings is 2. The summed E-state index contributed by atoms with van der Waals surface area (Å²) < 4.78 is 14.6. The van der Waals surface area contributed by atoms with E-state index in [2.05, 4.69) is 4.98 Å². The van der Waals surface area contributed by atoms with Crippen LogP contribution < -0.4 is 4.57 Å². The molecule has 0 saturated carbocycles. The number of carbonyl (C=O) groups is 1. The van der Waals surface area contributed by atoms with Gasteiger partial charge in [0.15, 0.2) is 12.2 Å². The van der Waals surface area contributed by atoms with Crippen LogP contribution >= 0.6 is 11.6 Å². The van der Waals surface area contributed by atoms with Gasteiger partial charge >= 0.3 is 0 Å². The second-order valence-electron chi connectivity index (χ2n) is 5.06. The Morgan fingerprint density at radius 1 is 1.13 bits per heavy atom. The number of rotatable bonds is 4. The molecule has 0 N–H and O–H groups in total. The van der Waals surface area contributed by atoms with Crippen LogP contribution in [0.1, 0.15) is 10.4 Å². The first-order chi connectivity index (χ1) is 11.1. The molecule has 3 rings (SSSR count). The molecule has 0 aliphatic heterocycles. The third-order valence-electron chi connectivity index (χ3n) is 3.38. The fourth-order valence-electron chi connectivity index (χ4n) is 2.19. The Morgan fingerprint density at radius 2 is 1.91 bits per heavy atom. The van der Waals surface area contributed by atoms with E-state index in [1.807, 2.05) is 24.3 Å². The van der Waals surface area contributed by atoms with Crippen molar-refractivity contribution in [3.63, 3.8) is 0 Å². The number of aromatic nitrogens is 2. The molecule has 0 bridgehead atoms. The Morgan fingerprint density at radius 3 is 2.57 bits per heavy atom. The van der Waals surface area contributed by atoms with Crippen molar-refractivity contribution in [1.82, 2.24) is 4.98 Å². The fourth-order valence-corrected chi connectivity index (χ4v) is 2.38. The highest BCUT2D eigenvalue weighted by Crippen LogP contribution is 2.19. The van der Waals surface area contributed by atoms with Crippen molar-refractivity contribution < 1.29 is 13.8 Å². The third-order valence-corrected chi connectivity index (χ3v) is 3.62. The van der Waals surface area contributed by atoms with E-state index in [4.69, 9.17) is 11.6 Å². The highest BCUT2D eigenvalue weighted by molar-refractivity contribution is 6.30. The van der Waals surface area contributed by atoms with Gasteiger partial charge in [-0.15, -0.1) is 0 Å². The molecule has 3 aromatic rings. The molecule has 1 heterocycles. The summed E-state index contributed by atoms with van der Waals surface area (Å²) in [5.74, 6) is -0.464. The van der Waals surface area contributed by atoms with E-state index >= 15 is 0 Å². The largest absolute Gasteiger partial charge is 0.290 e. The minimum absolute atomic E-state index is 0.104. The van der Waals surface area contributed by atoms with E-state index in [0.29, 0.717) is 10.6 Å². The van der Waals surface area contributed by atoms with E-state index in [9.17, 15) is 9.18 Å². The third kappa shape index (κ3) is 3.79. The van der Waals surface area contributed by atoms with Crippen LogP contribution in [0.4, 0.5) is 4.39 Å². The Balaban J connectivity index is 1.75. The second kappa shape index (κ2) is 6.67. The minimum Gasteiger partial charge on any atom is -0.290 e. The first kappa shape index (κ1) is 15.3. The molecule has 0 aliphatic carbocycles. The van der Waals surface area contributed by atoms with Crippen LogP contribution in [-0.2, 0) is 6.54 Å². The van der Waals surface area contributed by atoms with Gasteiger partial charge in [0.1, 0.15) is 5.82 Å². The van der Waals surface area contributed by atoms with Crippen molar-refractivity contribution >= 4 is 17.4 Å². The van der Waals surface area contributed by atoms with Gasteiger partial charge in [-0.3, -0.25) is 4.79 Å². The lowest BCUT2D eigenvalue weighted by Gasteiger charge is -2.01. The van der Waals surface area contributed by atoms with E-state index in [1.54, 1.807) is 23.2 Å². The van der Waals surface area contributed by atoms with Crippen LogP contribution in [0.15, 0.2) is 67.1 Å². The summed E-state index contributed by atoms with van der Waals surface area (Å²) in [4.78, 5) is 16.5. The number of carbonyl (C=O) groups excluding carboxylic acids is 1. The SMILES string of the molecule is O=C(C[n+]1ccc(-c2cccc(Cl)c2)nc1)c1ccc(F)cc1. The van der Waals surface area contributed by atoms with Crippen molar-refractivity contribution in [3.05, 3.63) is 83.5 Å². The second-order valence-corrected chi connectivity index (χ2v) is 5.49. The molecule has 0 radical (unpaired) electrons. The molecule has 0 unspecified atom stereocenters. The summed E-state index contributed by atoms with van der Waals surface area (Å²) in [6, 6.07) is 14.7. The van der Waals surface area contributed by atoms with Crippen molar-refractivity contribution in [2.24, 2.45) is 0 Å². The average Bonchev–Trinajstić information content (AvgIpc) is 2.56. The molecule has 5 heteroatoms. The van der Waals surface area contributed by atoms with E-state index in [1.165, 1.54) is 24.3 Å². The molecular formula is C18H13ClFN2O+. The zero-order chi connectivity index (χ0) is 16.2. The molecule has 2 aromatic carbocycles. The number of halogens is 2. The lowest BCUT2D eigenvalue weighted by Crippen LogP contribution is -2.37. The van der Waals surface area contributed by atoms with Gasteiger partial charge < -0.3 is 0 Å². The first-order valence-corrected chi connectivity index (χ1v) is 7.39. The number of hydrogen-bond acceptors (Lipinski definition) is 2. The van der Waals surface area contributed by atoms with Gasteiger partial charge in [0.05, 0.1) is 6.20 Å². The maximum Gasteiger partial charge on any atom is 0.287 e. The van der Waals surface area contributed by atoms with Crippen molar-refractivity contribution in [1.29, 1.82) is 0 Å². The van der Waals surface area contributed by atoms with Gasteiger partial charge in [-0.1, -0.05) is 23.7 Å².